The normalized spacial score (nSPS) is 13.1. The molecule has 0 heterocycles. The zero-order valence-electron chi connectivity index (χ0n) is 8.39. The lowest BCUT2D eigenvalue weighted by Gasteiger charge is -2.34. The summed E-state index contributed by atoms with van der Waals surface area (Å²) in [4.78, 5) is 2.07. The van der Waals surface area contributed by atoms with Gasteiger partial charge < -0.3 is 5.11 Å². The van der Waals surface area contributed by atoms with Crippen LogP contribution in [0.1, 0.15) is 34.6 Å². The van der Waals surface area contributed by atoms with Crippen LogP contribution in [0, 0.1) is 5.92 Å². The molecule has 2 nitrogen and oxygen atoms in total. The maximum atomic E-state index is 9.04. The average Bonchev–Trinajstić information content (AvgIpc) is 1.79. The fraction of sp³-hybridized carbons (Fsp3) is 1.00. The van der Waals surface area contributed by atoms with Gasteiger partial charge in [0.2, 0.25) is 0 Å². The fourth-order valence-corrected chi connectivity index (χ4v) is 0.985. The van der Waals surface area contributed by atoms with Crippen molar-refractivity contribution in [3.63, 3.8) is 0 Å². The van der Waals surface area contributed by atoms with Gasteiger partial charge in [-0.25, -0.2) is 0 Å². The molecule has 0 aromatic rings. The molecule has 0 rings (SSSR count). The molecule has 0 aromatic carbocycles. The molecule has 1 N–H and O–H groups in total. The minimum atomic E-state index is 0.0824. The Morgan fingerprint density at radius 1 is 1.27 bits per heavy atom. The van der Waals surface area contributed by atoms with Crippen LogP contribution in [-0.2, 0) is 0 Å². The van der Waals surface area contributed by atoms with E-state index in [1.165, 1.54) is 0 Å². The Kier molecular flexibility index (Phi) is 4.04. The Bertz CT molecular complexity index is 105. The second kappa shape index (κ2) is 4.07. The largest absolute Gasteiger partial charge is 0.381 e. The van der Waals surface area contributed by atoms with Gasteiger partial charge in [-0.2, -0.15) is 0 Å². The van der Waals surface area contributed by atoms with Crippen molar-refractivity contribution in [3.8, 4) is 0 Å². The smallest absolute Gasteiger partial charge is 0.0960 e. The second-order valence-corrected chi connectivity index (χ2v) is 4.43. The third-order valence-electron chi connectivity index (χ3n) is 1.70. The predicted molar refractivity (Wildman–Crippen MR) is 48.4 cm³/mol. The molecule has 0 bridgehead atoms. The Hall–Kier alpha value is -0.0800. The minimum absolute atomic E-state index is 0.0824. The highest BCUT2D eigenvalue weighted by Gasteiger charge is 2.20. The van der Waals surface area contributed by atoms with Crippen molar-refractivity contribution in [2.24, 2.45) is 5.92 Å². The van der Waals surface area contributed by atoms with Crippen LogP contribution < -0.4 is 0 Å². The Morgan fingerprint density at radius 3 is 1.82 bits per heavy atom. The fourth-order valence-electron chi connectivity index (χ4n) is 0.985. The van der Waals surface area contributed by atoms with Crippen molar-refractivity contribution >= 4 is 0 Å². The average molecular weight is 159 g/mol. The van der Waals surface area contributed by atoms with E-state index in [1.807, 2.05) is 0 Å². The molecule has 0 radical (unpaired) electrons. The van der Waals surface area contributed by atoms with Crippen LogP contribution >= 0.6 is 0 Å². The number of hydrogen-bond acceptors (Lipinski definition) is 2. The van der Waals surface area contributed by atoms with Crippen molar-refractivity contribution in [1.29, 1.82) is 0 Å². The predicted octanol–water partition coefficient (Wildman–Crippen LogP) is 1.69. The Balaban J connectivity index is 3.96. The number of aliphatic hydroxyl groups is 1. The van der Waals surface area contributed by atoms with Crippen molar-refractivity contribution in [2.75, 3.05) is 13.3 Å². The van der Waals surface area contributed by atoms with E-state index in [-0.39, 0.29) is 12.3 Å². The summed E-state index contributed by atoms with van der Waals surface area (Å²) in [5, 5.41) is 9.04. The molecule has 0 aliphatic rings. The van der Waals surface area contributed by atoms with Crippen LogP contribution in [0.15, 0.2) is 0 Å². The summed E-state index contributed by atoms with van der Waals surface area (Å²) < 4.78 is 0. The van der Waals surface area contributed by atoms with Crippen molar-refractivity contribution in [2.45, 2.75) is 40.2 Å². The molecule has 11 heavy (non-hydrogen) atoms. The Labute approximate surface area is 70.2 Å². The summed E-state index contributed by atoms with van der Waals surface area (Å²) in [7, 11) is 0. The molecule has 0 fully saturated rings. The first-order valence-corrected chi connectivity index (χ1v) is 4.24. The number of aliphatic hydroxyl groups excluding tert-OH is 1. The third kappa shape index (κ3) is 4.38. The van der Waals surface area contributed by atoms with E-state index in [0.29, 0.717) is 5.92 Å². The van der Waals surface area contributed by atoms with Gasteiger partial charge in [-0.15, -0.1) is 0 Å². The van der Waals surface area contributed by atoms with E-state index in [4.69, 9.17) is 5.11 Å². The molecule has 0 unspecified atom stereocenters. The zero-order chi connectivity index (χ0) is 9.07. The van der Waals surface area contributed by atoms with E-state index >= 15 is 0 Å². The first kappa shape index (κ1) is 10.9. The van der Waals surface area contributed by atoms with Crippen LogP contribution in [0.25, 0.3) is 0 Å². The van der Waals surface area contributed by atoms with E-state index in [0.717, 1.165) is 6.54 Å². The van der Waals surface area contributed by atoms with Crippen molar-refractivity contribution in [3.05, 3.63) is 0 Å². The van der Waals surface area contributed by atoms with Crippen LogP contribution in [0.4, 0.5) is 0 Å². The molecule has 0 spiro atoms. The standard InChI is InChI=1S/C9H21NO/c1-8(2)6-10(7-11)9(3,4)5/h8,11H,6-7H2,1-5H3. The quantitative estimate of drug-likeness (QED) is 0.633. The first-order chi connectivity index (χ1) is 4.88. The molecule has 0 aliphatic carbocycles. The van der Waals surface area contributed by atoms with Gasteiger partial charge in [0.05, 0.1) is 6.73 Å². The molecule has 0 aromatic heterocycles. The highest BCUT2D eigenvalue weighted by Crippen LogP contribution is 2.13. The maximum absolute atomic E-state index is 9.04. The van der Waals surface area contributed by atoms with E-state index < -0.39 is 0 Å². The highest BCUT2D eigenvalue weighted by atomic mass is 16.3. The number of hydrogen-bond donors (Lipinski definition) is 1. The molecule has 0 saturated carbocycles. The third-order valence-corrected chi connectivity index (χ3v) is 1.70. The van der Waals surface area contributed by atoms with Crippen LogP contribution in [0.5, 0.6) is 0 Å². The van der Waals surface area contributed by atoms with Gasteiger partial charge in [0.15, 0.2) is 0 Å². The highest BCUT2D eigenvalue weighted by molar-refractivity contribution is 4.74. The van der Waals surface area contributed by atoms with E-state index in [2.05, 4.69) is 39.5 Å². The van der Waals surface area contributed by atoms with Crippen molar-refractivity contribution in [1.82, 2.24) is 4.90 Å². The molecule has 0 amide bonds. The van der Waals surface area contributed by atoms with Gasteiger partial charge in [-0.05, 0) is 26.7 Å². The molecular formula is C9H21NO. The molecular weight excluding hydrogens is 138 g/mol. The van der Waals surface area contributed by atoms with Gasteiger partial charge in [-0.3, -0.25) is 4.90 Å². The number of rotatable bonds is 3. The van der Waals surface area contributed by atoms with Gasteiger partial charge in [0.25, 0.3) is 0 Å². The monoisotopic (exact) mass is 159 g/mol. The van der Waals surface area contributed by atoms with E-state index in [9.17, 15) is 0 Å². The van der Waals surface area contributed by atoms with E-state index in [1.54, 1.807) is 0 Å². The lowest BCUT2D eigenvalue weighted by molar-refractivity contribution is 0.0238. The van der Waals surface area contributed by atoms with Crippen LogP contribution in [-0.4, -0.2) is 28.8 Å². The lowest BCUT2D eigenvalue weighted by atomic mass is 10.0. The Morgan fingerprint density at radius 2 is 1.73 bits per heavy atom. The molecule has 0 aliphatic heterocycles. The summed E-state index contributed by atoms with van der Waals surface area (Å²) in [6, 6.07) is 0. The topological polar surface area (TPSA) is 23.5 Å². The second-order valence-electron chi connectivity index (χ2n) is 4.43. The van der Waals surface area contributed by atoms with Gasteiger partial charge in [-0.1, -0.05) is 13.8 Å². The zero-order valence-corrected chi connectivity index (χ0v) is 8.39. The molecule has 0 atom stereocenters. The van der Waals surface area contributed by atoms with Gasteiger partial charge in [0.1, 0.15) is 0 Å². The summed E-state index contributed by atoms with van der Waals surface area (Å²) in [6.07, 6.45) is 0. The SMILES string of the molecule is CC(C)CN(CO)C(C)(C)C. The molecule has 68 valence electrons. The van der Waals surface area contributed by atoms with Crippen LogP contribution in [0.2, 0.25) is 0 Å². The first-order valence-electron chi connectivity index (χ1n) is 4.24. The van der Waals surface area contributed by atoms with Crippen LogP contribution in [0.3, 0.4) is 0 Å². The summed E-state index contributed by atoms with van der Waals surface area (Å²) in [5.41, 5.74) is 0.0824. The minimum Gasteiger partial charge on any atom is -0.381 e. The summed E-state index contributed by atoms with van der Waals surface area (Å²) in [6.45, 7) is 11.8. The van der Waals surface area contributed by atoms with Gasteiger partial charge in [0, 0.05) is 12.1 Å². The molecule has 0 saturated heterocycles. The number of nitrogens with zero attached hydrogens (tertiary/aromatic N) is 1. The molecule has 2 heteroatoms. The van der Waals surface area contributed by atoms with Gasteiger partial charge >= 0.3 is 0 Å². The maximum Gasteiger partial charge on any atom is 0.0960 e. The lowest BCUT2D eigenvalue weighted by Crippen LogP contribution is -2.43. The summed E-state index contributed by atoms with van der Waals surface area (Å²) in [5.74, 6) is 0.612. The van der Waals surface area contributed by atoms with Crippen molar-refractivity contribution < 1.29 is 5.11 Å². The summed E-state index contributed by atoms with van der Waals surface area (Å²) >= 11 is 0.